The Kier molecular flexibility index (Phi) is 9.55. The molecule has 7 nitrogen and oxygen atoms in total. The van der Waals surface area contributed by atoms with Crippen LogP contribution in [0.5, 0.6) is 11.5 Å². The van der Waals surface area contributed by atoms with Gasteiger partial charge in [0.2, 0.25) is 0 Å². The van der Waals surface area contributed by atoms with Gasteiger partial charge >= 0.3 is 6.61 Å². The van der Waals surface area contributed by atoms with E-state index in [1.807, 2.05) is 18.7 Å². The third-order valence-electron chi connectivity index (χ3n) is 4.78. The first-order chi connectivity index (χ1) is 14.9. The number of hydrogen-bond donors (Lipinski definition) is 2. The smallest absolute Gasteiger partial charge is 0.387 e. The van der Waals surface area contributed by atoms with Gasteiger partial charge in [0.15, 0.2) is 17.5 Å². The van der Waals surface area contributed by atoms with Gasteiger partial charge in [0, 0.05) is 37.0 Å². The van der Waals surface area contributed by atoms with Gasteiger partial charge in [-0.3, -0.25) is 4.68 Å². The van der Waals surface area contributed by atoms with Gasteiger partial charge in [-0.1, -0.05) is 26.0 Å². The number of guanidine groups is 1. The highest BCUT2D eigenvalue weighted by molar-refractivity contribution is 5.79. The molecule has 0 saturated heterocycles. The summed E-state index contributed by atoms with van der Waals surface area (Å²) in [6.07, 6.45) is 1.73. The molecule has 2 aromatic rings. The second-order valence-electron chi connectivity index (χ2n) is 6.81. The van der Waals surface area contributed by atoms with Crippen molar-refractivity contribution in [2.24, 2.45) is 12.0 Å². The number of halogens is 2. The zero-order valence-corrected chi connectivity index (χ0v) is 19.0. The van der Waals surface area contributed by atoms with E-state index in [0.29, 0.717) is 31.2 Å². The summed E-state index contributed by atoms with van der Waals surface area (Å²) in [7, 11) is 1.96. The number of rotatable bonds is 11. The molecule has 0 amide bonds. The van der Waals surface area contributed by atoms with Crippen molar-refractivity contribution in [3.8, 4) is 11.5 Å². The largest absolute Gasteiger partial charge is 0.490 e. The molecule has 0 fully saturated rings. The van der Waals surface area contributed by atoms with Crippen LogP contribution >= 0.6 is 0 Å². The minimum atomic E-state index is -2.94. The van der Waals surface area contributed by atoms with E-state index in [9.17, 15) is 8.78 Å². The normalized spacial score (nSPS) is 11.7. The summed E-state index contributed by atoms with van der Waals surface area (Å²) in [6.45, 7) is 6.75. The highest BCUT2D eigenvalue weighted by Gasteiger charge is 2.16. The molecular weight excluding hydrogens is 404 g/mol. The topological polar surface area (TPSA) is 72.7 Å². The lowest BCUT2D eigenvalue weighted by Crippen LogP contribution is -2.37. The van der Waals surface area contributed by atoms with Crippen LogP contribution in [0.3, 0.4) is 0 Å². The Morgan fingerprint density at radius 2 is 1.94 bits per heavy atom. The number of aliphatic imine (C=N–C) groups is 1. The molecule has 2 rings (SSSR count). The zero-order valence-electron chi connectivity index (χ0n) is 19.0. The molecule has 0 spiro atoms. The number of aromatic nitrogens is 2. The van der Waals surface area contributed by atoms with Crippen LogP contribution in [0.15, 0.2) is 23.2 Å². The van der Waals surface area contributed by atoms with E-state index < -0.39 is 6.61 Å². The van der Waals surface area contributed by atoms with Crippen molar-refractivity contribution in [3.05, 3.63) is 40.7 Å². The molecule has 0 aliphatic heterocycles. The Labute approximate surface area is 182 Å². The summed E-state index contributed by atoms with van der Waals surface area (Å²) in [6, 6.07) is 5.06. The Balaban J connectivity index is 2.23. The molecule has 0 atom stereocenters. The Hall–Kier alpha value is -2.84. The van der Waals surface area contributed by atoms with Crippen molar-refractivity contribution in [2.75, 3.05) is 13.2 Å². The average Bonchev–Trinajstić information content (AvgIpc) is 3.06. The molecule has 0 bridgehead atoms. The maximum absolute atomic E-state index is 12.9. The van der Waals surface area contributed by atoms with Crippen LogP contribution in [0.4, 0.5) is 8.78 Å². The van der Waals surface area contributed by atoms with E-state index >= 15 is 0 Å². The standard InChI is InChI=1S/C22H33F2N5O2/c1-6-17-16(18(7-2)29(5)28-17)14-27-22(25-8-3)26-13-15-11-10-12-19(30-9-4)20(15)31-21(23)24/h10-12,21H,6-9,13-14H2,1-5H3,(H2,25,26,27). The Morgan fingerprint density at radius 1 is 1.16 bits per heavy atom. The molecule has 172 valence electrons. The number of aryl methyl sites for hydroxylation is 2. The van der Waals surface area contributed by atoms with Crippen LogP contribution in [0.1, 0.15) is 50.2 Å². The second-order valence-corrected chi connectivity index (χ2v) is 6.81. The van der Waals surface area contributed by atoms with Crippen molar-refractivity contribution in [2.45, 2.75) is 60.2 Å². The number of ether oxygens (including phenoxy) is 2. The van der Waals surface area contributed by atoms with Crippen molar-refractivity contribution >= 4 is 5.96 Å². The van der Waals surface area contributed by atoms with E-state index in [-0.39, 0.29) is 18.0 Å². The molecule has 0 radical (unpaired) electrons. The summed E-state index contributed by atoms with van der Waals surface area (Å²) in [5, 5.41) is 11.1. The van der Waals surface area contributed by atoms with Crippen molar-refractivity contribution in [1.82, 2.24) is 20.4 Å². The van der Waals surface area contributed by atoms with Gasteiger partial charge in [0.1, 0.15) is 0 Å². The fraction of sp³-hybridized carbons (Fsp3) is 0.545. The summed E-state index contributed by atoms with van der Waals surface area (Å²) in [4.78, 5) is 4.57. The molecule has 0 unspecified atom stereocenters. The quantitative estimate of drug-likeness (QED) is 0.413. The van der Waals surface area contributed by atoms with Crippen LogP contribution in [0.2, 0.25) is 0 Å². The van der Waals surface area contributed by atoms with Crippen molar-refractivity contribution in [1.29, 1.82) is 0 Å². The summed E-state index contributed by atoms with van der Waals surface area (Å²) in [5.41, 5.74) is 3.92. The monoisotopic (exact) mass is 437 g/mol. The molecule has 0 aliphatic rings. The van der Waals surface area contributed by atoms with E-state index in [4.69, 9.17) is 9.47 Å². The molecule has 9 heteroatoms. The number of benzene rings is 1. The highest BCUT2D eigenvalue weighted by atomic mass is 19.3. The van der Waals surface area contributed by atoms with Gasteiger partial charge < -0.3 is 20.1 Å². The van der Waals surface area contributed by atoms with Gasteiger partial charge in [-0.05, 0) is 32.8 Å². The lowest BCUT2D eigenvalue weighted by Gasteiger charge is -2.16. The number of nitrogens with one attached hydrogen (secondary N) is 2. The van der Waals surface area contributed by atoms with E-state index in [1.54, 1.807) is 25.1 Å². The molecule has 2 N–H and O–H groups in total. The molecule has 0 saturated carbocycles. The molecule has 1 aromatic heterocycles. The predicted octanol–water partition coefficient (Wildman–Crippen LogP) is 3.80. The molecule has 1 aromatic carbocycles. The van der Waals surface area contributed by atoms with Gasteiger partial charge in [-0.15, -0.1) is 0 Å². The molecule has 0 aliphatic carbocycles. The van der Waals surface area contributed by atoms with Crippen molar-refractivity contribution in [3.63, 3.8) is 0 Å². The average molecular weight is 438 g/mol. The third-order valence-corrected chi connectivity index (χ3v) is 4.78. The van der Waals surface area contributed by atoms with Crippen LogP contribution in [0.25, 0.3) is 0 Å². The third kappa shape index (κ3) is 6.57. The van der Waals surface area contributed by atoms with Crippen molar-refractivity contribution < 1.29 is 18.3 Å². The van der Waals surface area contributed by atoms with Crippen LogP contribution in [-0.2, 0) is 33.0 Å². The molecule has 1 heterocycles. The summed E-state index contributed by atoms with van der Waals surface area (Å²) < 4.78 is 38.0. The van der Waals surface area contributed by atoms with Crippen LogP contribution in [-0.4, -0.2) is 35.5 Å². The van der Waals surface area contributed by atoms with Gasteiger partial charge in [0.25, 0.3) is 0 Å². The lowest BCUT2D eigenvalue weighted by molar-refractivity contribution is -0.0520. The molecular formula is C22H33F2N5O2. The van der Waals surface area contributed by atoms with E-state index in [2.05, 4.69) is 34.6 Å². The molecule has 31 heavy (non-hydrogen) atoms. The van der Waals surface area contributed by atoms with Crippen LogP contribution in [0, 0.1) is 0 Å². The zero-order chi connectivity index (χ0) is 22.8. The predicted molar refractivity (Wildman–Crippen MR) is 118 cm³/mol. The van der Waals surface area contributed by atoms with Crippen LogP contribution < -0.4 is 20.1 Å². The first-order valence-corrected chi connectivity index (χ1v) is 10.7. The van der Waals surface area contributed by atoms with Gasteiger partial charge in [0.05, 0.1) is 18.8 Å². The highest BCUT2D eigenvalue weighted by Crippen LogP contribution is 2.33. The minimum absolute atomic E-state index is 0.0211. The SMILES string of the molecule is CCNC(=NCc1cccc(OCC)c1OC(F)F)NCc1c(CC)nn(C)c1CC. The number of nitrogens with zero attached hydrogens (tertiary/aromatic N) is 3. The Bertz CT molecular complexity index is 868. The first kappa shape index (κ1) is 24.4. The fourth-order valence-electron chi connectivity index (χ4n) is 3.45. The number of alkyl halides is 2. The minimum Gasteiger partial charge on any atom is -0.490 e. The van der Waals surface area contributed by atoms with Gasteiger partial charge in [-0.2, -0.15) is 13.9 Å². The number of hydrogen-bond acceptors (Lipinski definition) is 4. The first-order valence-electron chi connectivity index (χ1n) is 10.7. The van der Waals surface area contributed by atoms with E-state index in [1.165, 1.54) is 5.69 Å². The van der Waals surface area contributed by atoms with Gasteiger partial charge in [-0.25, -0.2) is 4.99 Å². The maximum Gasteiger partial charge on any atom is 0.387 e. The van der Waals surface area contributed by atoms with E-state index in [0.717, 1.165) is 24.1 Å². The summed E-state index contributed by atoms with van der Waals surface area (Å²) >= 11 is 0. The Morgan fingerprint density at radius 3 is 2.55 bits per heavy atom. The summed E-state index contributed by atoms with van der Waals surface area (Å²) in [5.74, 6) is 0.886. The maximum atomic E-state index is 12.9. The fourth-order valence-corrected chi connectivity index (χ4v) is 3.45. The second kappa shape index (κ2) is 12.1. The lowest BCUT2D eigenvalue weighted by atomic mass is 10.1. The number of para-hydroxylation sites is 1.